The van der Waals surface area contributed by atoms with Gasteiger partial charge in [-0.2, -0.15) is 47.5 Å². The van der Waals surface area contributed by atoms with Gasteiger partial charge in [-0.05, 0) is 17.9 Å². The summed E-state index contributed by atoms with van der Waals surface area (Å²) in [5.41, 5.74) is 8.48. The first kappa shape index (κ1) is 30.2. The molecule has 0 aromatic heterocycles. The molecule has 0 unspecified atom stereocenters. The fraction of sp³-hybridized carbons (Fsp3) is 0.400. The van der Waals surface area contributed by atoms with Gasteiger partial charge >= 0.3 is 59.5 Å². The van der Waals surface area contributed by atoms with E-state index in [9.17, 15) is 0 Å². The molecule has 0 amide bonds. The molecule has 1 fully saturated rings. The van der Waals surface area contributed by atoms with Crippen LogP contribution < -0.4 is 24.8 Å². The summed E-state index contributed by atoms with van der Waals surface area (Å²) in [6, 6.07) is 25.0. The number of hydrogen-bond acceptors (Lipinski definition) is 0. The molecule has 0 bridgehead atoms. The van der Waals surface area contributed by atoms with Crippen LogP contribution in [0.1, 0.15) is 93.9 Å². The molecule has 0 radical (unpaired) electrons. The summed E-state index contributed by atoms with van der Waals surface area (Å²) in [6.45, 7) is 9.01. The normalized spacial score (nSPS) is 13.5. The first-order chi connectivity index (χ1) is 15.0. The van der Waals surface area contributed by atoms with E-state index in [0.29, 0.717) is 11.8 Å². The van der Waals surface area contributed by atoms with Gasteiger partial charge in [0.05, 0.1) is 0 Å². The molecule has 0 spiro atoms. The summed E-state index contributed by atoms with van der Waals surface area (Å²) in [5.74, 6) is 1.16. The summed E-state index contributed by atoms with van der Waals surface area (Å²) in [6.07, 6.45) is 8.36. The molecule has 3 aromatic rings. The first-order valence-electron chi connectivity index (χ1n) is 11.9. The topological polar surface area (TPSA) is 0 Å². The van der Waals surface area contributed by atoms with Crippen LogP contribution in [0.4, 0.5) is 0 Å². The van der Waals surface area contributed by atoms with Gasteiger partial charge in [0.15, 0.2) is 0 Å². The Hall–Kier alpha value is -0.877. The largest absolute Gasteiger partial charge is 0.214 e. The van der Waals surface area contributed by atoms with E-state index in [4.69, 9.17) is 0 Å². The van der Waals surface area contributed by atoms with Crippen LogP contribution in [0.3, 0.4) is 0 Å². The van der Waals surface area contributed by atoms with Gasteiger partial charge in [-0.3, -0.25) is 0 Å². The fourth-order valence-corrected chi connectivity index (χ4v) is 4.98. The second-order valence-electron chi connectivity index (χ2n) is 9.35. The van der Waals surface area contributed by atoms with Crippen molar-refractivity contribution in [2.24, 2.45) is 0 Å². The Morgan fingerprint density at radius 1 is 0.818 bits per heavy atom. The van der Waals surface area contributed by atoms with E-state index in [2.05, 4.69) is 64.1 Å². The number of benzene rings is 2. The van der Waals surface area contributed by atoms with Crippen LogP contribution in [0.2, 0.25) is 0 Å². The molecule has 0 saturated heterocycles. The second-order valence-corrected chi connectivity index (χ2v) is 11.1. The molecule has 176 valence electrons. The van der Waals surface area contributed by atoms with Crippen LogP contribution >= 0.6 is 0 Å². The van der Waals surface area contributed by atoms with Gasteiger partial charge in [0.25, 0.3) is 0 Å². The van der Waals surface area contributed by atoms with Crippen LogP contribution in [0.25, 0.3) is 11.1 Å². The molecule has 0 nitrogen and oxygen atoms in total. The van der Waals surface area contributed by atoms with Gasteiger partial charge in [0.2, 0.25) is 0 Å². The zero-order valence-electron chi connectivity index (χ0n) is 20.4. The smallest absolute Gasteiger partial charge is 0.172 e. The Morgan fingerprint density at radius 2 is 1.42 bits per heavy atom. The number of fused-ring (bicyclic) bond motifs is 3. The summed E-state index contributed by atoms with van der Waals surface area (Å²) in [4.78, 5) is 0. The van der Waals surface area contributed by atoms with Crippen molar-refractivity contribution in [3.05, 3.63) is 89.0 Å². The van der Waals surface area contributed by atoms with Crippen molar-refractivity contribution in [2.45, 2.75) is 78.1 Å². The Morgan fingerprint density at radius 3 is 1.91 bits per heavy atom. The van der Waals surface area contributed by atoms with Crippen molar-refractivity contribution in [1.82, 2.24) is 0 Å². The molecule has 0 atom stereocenters. The molecule has 3 aromatic carbocycles. The van der Waals surface area contributed by atoms with Gasteiger partial charge in [-0.1, -0.05) is 62.9 Å². The molecule has 2 aliphatic carbocycles. The summed E-state index contributed by atoms with van der Waals surface area (Å²) in [5, 5.41) is 0. The molecule has 0 heterocycles. The molecule has 0 aliphatic heterocycles. The Labute approximate surface area is 229 Å². The van der Waals surface area contributed by atoms with Gasteiger partial charge in [-0.15, -0.1) is 5.56 Å². The molecule has 5 rings (SSSR count). The van der Waals surface area contributed by atoms with Crippen LogP contribution in [0.5, 0.6) is 0 Å². The maximum absolute atomic E-state index is 3.49. The SMILES string of the molecule is CC(C)c1c[c-]c2c(c1)-c1cc(C(C)C)ccc1C2.[Cl-].[Cl-].[Zr+2]=[C]1CCCCC1.c1cc[cH-]c1. The van der Waals surface area contributed by atoms with Crippen LogP contribution in [0, 0.1) is 6.07 Å². The molecular weight excluding hydrogens is 522 g/mol. The predicted molar refractivity (Wildman–Crippen MR) is 132 cm³/mol. The quantitative estimate of drug-likeness (QED) is 0.332. The number of halogens is 2. The van der Waals surface area contributed by atoms with Gasteiger partial charge < -0.3 is 24.8 Å². The van der Waals surface area contributed by atoms with E-state index in [-0.39, 0.29) is 24.8 Å². The zero-order valence-corrected chi connectivity index (χ0v) is 24.4. The van der Waals surface area contributed by atoms with E-state index in [0.717, 1.165) is 6.42 Å². The monoisotopic (exact) mass is 556 g/mol. The average molecular weight is 559 g/mol. The minimum absolute atomic E-state index is 0. The van der Waals surface area contributed by atoms with Crippen molar-refractivity contribution in [3.8, 4) is 11.1 Å². The third kappa shape index (κ3) is 9.01. The fourth-order valence-electron chi connectivity index (χ4n) is 4.11. The van der Waals surface area contributed by atoms with E-state index in [1.54, 1.807) is 27.4 Å². The Kier molecular flexibility index (Phi) is 13.9. The minimum atomic E-state index is 0. The molecule has 0 N–H and O–H groups in total. The first-order valence-corrected chi connectivity index (χ1v) is 13.1. The molecule has 3 heteroatoms. The van der Waals surface area contributed by atoms with Crippen molar-refractivity contribution in [3.63, 3.8) is 0 Å². The van der Waals surface area contributed by atoms with Crippen molar-refractivity contribution >= 4 is 3.21 Å². The maximum Gasteiger partial charge on any atom is -0.172 e. The molecular formula is C30H36Cl2Zr-2. The molecule has 2 aliphatic rings. The second kappa shape index (κ2) is 15.2. The summed E-state index contributed by atoms with van der Waals surface area (Å²) < 4.78 is 1.80. The minimum Gasteiger partial charge on any atom is -0.214 e. The van der Waals surface area contributed by atoms with E-state index in [1.807, 2.05) is 30.3 Å². The third-order valence-electron chi connectivity index (χ3n) is 6.19. The number of rotatable bonds is 2. The zero-order chi connectivity index (χ0) is 22.2. The third-order valence-corrected chi connectivity index (χ3v) is 7.42. The summed E-state index contributed by atoms with van der Waals surface area (Å²) >= 11 is 1.69. The Balaban J connectivity index is 0.000000321. The van der Waals surface area contributed by atoms with E-state index >= 15 is 0 Å². The summed E-state index contributed by atoms with van der Waals surface area (Å²) in [7, 11) is 0. The number of hydrogen-bond donors (Lipinski definition) is 0. The standard InChI is InChI=1S/C19H21.C6H10.C5H5.2ClH.Zr/c1-12(2)14-5-7-16-9-17-8-6-15(13(3)4)11-19(17)18(16)10-14;1-2-4-6-5-3-1;1-2-4-5-3-1;;;/h5-7,10-13H,9H2,1-4H3;1-5H2;1-5H;2*1H;/q-1;;-1;;;+2/p-2. The van der Waals surface area contributed by atoms with Crippen molar-refractivity contribution < 1.29 is 49.0 Å². The predicted octanol–water partition coefficient (Wildman–Crippen LogP) is 2.39. The van der Waals surface area contributed by atoms with E-state index in [1.165, 1.54) is 65.5 Å². The van der Waals surface area contributed by atoms with Gasteiger partial charge in [-0.25, -0.2) is 12.1 Å². The van der Waals surface area contributed by atoms with Gasteiger partial charge in [0.1, 0.15) is 0 Å². The van der Waals surface area contributed by atoms with E-state index < -0.39 is 0 Å². The average Bonchev–Trinajstić information content (AvgIpc) is 3.45. The van der Waals surface area contributed by atoms with Crippen LogP contribution in [-0.2, 0) is 30.7 Å². The van der Waals surface area contributed by atoms with Gasteiger partial charge in [0, 0.05) is 0 Å². The van der Waals surface area contributed by atoms with Crippen LogP contribution in [0.15, 0.2) is 60.7 Å². The molecule has 33 heavy (non-hydrogen) atoms. The van der Waals surface area contributed by atoms with Crippen molar-refractivity contribution in [1.29, 1.82) is 0 Å². The van der Waals surface area contributed by atoms with Crippen LogP contribution in [-0.4, -0.2) is 3.21 Å². The Bertz CT molecular complexity index is 890. The molecule has 1 saturated carbocycles. The maximum atomic E-state index is 3.49. The van der Waals surface area contributed by atoms with Crippen molar-refractivity contribution in [2.75, 3.05) is 0 Å².